The summed E-state index contributed by atoms with van der Waals surface area (Å²) in [4.78, 5) is 4.42. The minimum atomic E-state index is 0.0910. The number of rotatable bonds is 4. The maximum atomic E-state index is 4.42. The highest BCUT2D eigenvalue weighted by atomic mass is 14.9. The van der Waals surface area contributed by atoms with E-state index >= 15 is 0 Å². The molecule has 0 amide bonds. The monoisotopic (exact) mass is 236 g/mol. The second kappa shape index (κ2) is 6.58. The molecule has 0 bridgehead atoms. The summed E-state index contributed by atoms with van der Waals surface area (Å²) in [5.74, 6) is 5.92. The molecule has 0 aliphatic rings. The Balaban J connectivity index is 2.25. The average molecular weight is 236 g/mol. The minimum Gasteiger partial charge on any atom is -0.294 e. The zero-order chi connectivity index (χ0) is 12.6. The lowest BCUT2D eigenvalue weighted by Gasteiger charge is -2.17. The van der Waals surface area contributed by atoms with Gasteiger partial charge >= 0.3 is 0 Å². The van der Waals surface area contributed by atoms with E-state index < -0.39 is 0 Å². The fourth-order valence-electron chi connectivity index (χ4n) is 1.83. The molecule has 2 aromatic rings. The van der Waals surface area contributed by atoms with Crippen LogP contribution in [0.3, 0.4) is 0 Å². The molecule has 1 aromatic heterocycles. The topological polar surface area (TPSA) is 24.9 Å². The number of hydrogen-bond donors (Lipinski definition) is 1. The molecular weight excluding hydrogens is 220 g/mol. The molecule has 1 atom stereocenters. The van der Waals surface area contributed by atoms with Gasteiger partial charge in [-0.1, -0.05) is 42.3 Å². The van der Waals surface area contributed by atoms with Gasteiger partial charge in [0.25, 0.3) is 0 Å². The molecule has 1 heterocycles. The first-order valence-electron chi connectivity index (χ1n) is 6.00. The molecule has 1 unspecified atom stereocenters. The smallest absolute Gasteiger partial charge is 0.0758 e. The third kappa shape index (κ3) is 3.19. The van der Waals surface area contributed by atoms with Gasteiger partial charge in [0.2, 0.25) is 0 Å². The third-order valence-corrected chi connectivity index (χ3v) is 2.69. The first kappa shape index (κ1) is 12.3. The number of hydrogen-bond acceptors (Lipinski definition) is 2. The van der Waals surface area contributed by atoms with E-state index in [9.17, 15) is 0 Å². The van der Waals surface area contributed by atoms with E-state index in [1.165, 1.54) is 5.56 Å². The van der Waals surface area contributed by atoms with Gasteiger partial charge in [0, 0.05) is 6.20 Å². The summed E-state index contributed by atoms with van der Waals surface area (Å²) in [6.45, 7) is 2.51. The van der Waals surface area contributed by atoms with Crippen LogP contribution in [0.2, 0.25) is 0 Å². The number of nitrogens with one attached hydrogen (secondary N) is 1. The second-order valence-electron chi connectivity index (χ2n) is 3.91. The highest BCUT2D eigenvalue weighted by Crippen LogP contribution is 2.19. The fourth-order valence-corrected chi connectivity index (χ4v) is 1.83. The van der Waals surface area contributed by atoms with E-state index in [1.807, 2.05) is 49.5 Å². The Bertz CT molecular complexity index is 484. The van der Waals surface area contributed by atoms with Crippen molar-refractivity contribution in [1.29, 1.82) is 0 Å². The summed E-state index contributed by atoms with van der Waals surface area (Å²) in [6, 6.07) is 16.4. The molecule has 18 heavy (non-hydrogen) atoms. The van der Waals surface area contributed by atoms with Crippen LogP contribution in [0.4, 0.5) is 0 Å². The van der Waals surface area contributed by atoms with Crippen molar-refractivity contribution in [3.05, 3.63) is 66.0 Å². The quantitative estimate of drug-likeness (QED) is 0.826. The van der Waals surface area contributed by atoms with Crippen molar-refractivity contribution in [2.24, 2.45) is 0 Å². The van der Waals surface area contributed by atoms with E-state index in [1.54, 1.807) is 0 Å². The zero-order valence-electron chi connectivity index (χ0n) is 10.4. The van der Waals surface area contributed by atoms with Gasteiger partial charge in [-0.05, 0) is 24.6 Å². The average Bonchev–Trinajstić information content (AvgIpc) is 2.46. The molecule has 2 heteroatoms. The van der Waals surface area contributed by atoms with Crippen LogP contribution in [0.1, 0.15) is 24.2 Å². The van der Waals surface area contributed by atoms with Crippen LogP contribution in [0.5, 0.6) is 0 Å². The summed E-state index contributed by atoms with van der Waals surface area (Å²) >= 11 is 0. The summed E-state index contributed by atoms with van der Waals surface area (Å²) in [6.07, 6.45) is 1.82. The summed E-state index contributed by atoms with van der Waals surface area (Å²) in [5, 5.41) is 3.42. The first-order chi connectivity index (χ1) is 8.92. The van der Waals surface area contributed by atoms with Gasteiger partial charge in [0.1, 0.15) is 0 Å². The van der Waals surface area contributed by atoms with Crippen LogP contribution in [-0.4, -0.2) is 11.5 Å². The highest BCUT2D eigenvalue weighted by Gasteiger charge is 2.13. The Labute approximate surface area is 108 Å². The van der Waals surface area contributed by atoms with Crippen molar-refractivity contribution < 1.29 is 0 Å². The highest BCUT2D eigenvalue weighted by molar-refractivity contribution is 5.27. The third-order valence-electron chi connectivity index (χ3n) is 2.69. The Kier molecular flexibility index (Phi) is 4.52. The van der Waals surface area contributed by atoms with Crippen molar-refractivity contribution in [1.82, 2.24) is 10.3 Å². The lowest BCUT2D eigenvalue weighted by molar-refractivity contribution is 0.641. The lowest BCUT2D eigenvalue weighted by Crippen LogP contribution is -2.23. The van der Waals surface area contributed by atoms with Gasteiger partial charge < -0.3 is 0 Å². The van der Waals surface area contributed by atoms with Crippen LogP contribution >= 0.6 is 0 Å². The van der Waals surface area contributed by atoms with Gasteiger partial charge in [-0.25, -0.2) is 0 Å². The molecule has 2 rings (SSSR count). The second-order valence-corrected chi connectivity index (χ2v) is 3.91. The van der Waals surface area contributed by atoms with E-state index in [0.717, 1.165) is 5.69 Å². The number of benzene rings is 1. The molecule has 0 saturated carbocycles. The van der Waals surface area contributed by atoms with Crippen molar-refractivity contribution in [2.75, 3.05) is 6.54 Å². The Hall–Kier alpha value is -2.11. The molecule has 0 radical (unpaired) electrons. The summed E-state index contributed by atoms with van der Waals surface area (Å²) < 4.78 is 0. The van der Waals surface area contributed by atoms with Crippen LogP contribution in [-0.2, 0) is 0 Å². The standard InChI is InChI=1S/C16H16N2/c1-2-3-12-18-16(14-9-5-4-6-10-14)15-11-7-8-13-17-15/h4-11,13,16,18H,12H2,1H3. The van der Waals surface area contributed by atoms with Gasteiger partial charge in [-0.3, -0.25) is 10.3 Å². The van der Waals surface area contributed by atoms with Gasteiger partial charge in [-0.2, -0.15) is 0 Å². The van der Waals surface area contributed by atoms with Gasteiger partial charge in [-0.15, -0.1) is 5.92 Å². The normalized spacial score (nSPS) is 11.4. The van der Waals surface area contributed by atoms with E-state index in [-0.39, 0.29) is 6.04 Å². The van der Waals surface area contributed by atoms with Crippen LogP contribution < -0.4 is 5.32 Å². The summed E-state index contributed by atoms with van der Waals surface area (Å²) in [5.41, 5.74) is 2.22. The van der Waals surface area contributed by atoms with E-state index in [4.69, 9.17) is 0 Å². The van der Waals surface area contributed by atoms with Gasteiger partial charge in [0.15, 0.2) is 0 Å². The molecule has 90 valence electrons. The van der Waals surface area contributed by atoms with Crippen LogP contribution in [0, 0.1) is 11.8 Å². The van der Waals surface area contributed by atoms with Crippen LogP contribution in [0.25, 0.3) is 0 Å². The number of aromatic nitrogens is 1. The van der Waals surface area contributed by atoms with E-state index in [0.29, 0.717) is 6.54 Å². The minimum absolute atomic E-state index is 0.0910. The molecule has 0 fully saturated rings. The molecule has 0 saturated heterocycles. The maximum absolute atomic E-state index is 4.42. The maximum Gasteiger partial charge on any atom is 0.0758 e. The largest absolute Gasteiger partial charge is 0.294 e. The Morgan fingerprint density at radius 3 is 2.56 bits per heavy atom. The molecule has 1 N–H and O–H groups in total. The lowest BCUT2D eigenvalue weighted by atomic mass is 10.0. The fraction of sp³-hybridized carbons (Fsp3) is 0.188. The molecule has 2 nitrogen and oxygen atoms in total. The van der Waals surface area contributed by atoms with Crippen molar-refractivity contribution in [3.63, 3.8) is 0 Å². The molecular formula is C16H16N2. The molecule has 1 aromatic carbocycles. The predicted octanol–water partition coefficient (Wildman–Crippen LogP) is 2.78. The van der Waals surface area contributed by atoms with Crippen molar-refractivity contribution in [3.8, 4) is 11.8 Å². The number of pyridine rings is 1. The molecule has 0 spiro atoms. The van der Waals surface area contributed by atoms with Crippen molar-refractivity contribution >= 4 is 0 Å². The molecule has 0 aliphatic carbocycles. The Morgan fingerprint density at radius 2 is 1.89 bits per heavy atom. The SMILES string of the molecule is CC#CCNC(c1ccccc1)c1ccccn1. The number of nitrogens with zero attached hydrogens (tertiary/aromatic N) is 1. The van der Waals surface area contributed by atoms with Gasteiger partial charge in [0.05, 0.1) is 18.3 Å². The van der Waals surface area contributed by atoms with E-state index in [2.05, 4.69) is 34.3 Å². The Morgan fingerprint density at radius 1 is 1.11 bits per heavy atom. The van der Waals surface area contributed by atoms with Crippen molar-refractivity contribution in [2.45, 2.75) is 13.0 Å². The molecule has 0 aliphatic heterocycles. The predicted molar refractivity (Wildman–Crippen MR) is 74.0 cm³/mol. The summed E-state index contributed by atoms with van der Waals surface area (Å²) in [7, 11) is 0. The zero-order valence-corrected chi connectivity index (χ0v) is 10.4. The van der Waals surface area contributed by atoms with Crippen LogP contribution in [0.15, 0.2) is 54.7 Å². The first-order valence-corrected chi connectivity index (χ1v) is 6.00.